The average Bonchev–Trinajstić information content (AvgIpc) is 3.99. The molecule has 0 aliphatic heterocycles. The van der Waals surface area contributed by atoms with Gasteiger partial charge in [-0.2, -0.15) is 28.7 Å². The first-order valence-corrected chi connectivity index (χ1v) is 23.2. The molecule has 4 fully saturated rings. The number of aromatic nitrogens is 4. The molecule has 2 aromatic heterocycles. The van der Waals surface area contributed by atoms with E-state index in [1.807, 2.05) is 30.3 Å². The molecule has 4 amide bonds. The molecule has 4 aliphatic rings. The Labute approximate surface area is 386 Å². The number of rotatable bonds is 20. The first-order chi connectivity index (χ1) is 31.4. The van der Waals surface area contributed by atoms with E-state index in [1.54, 1.807) is 0 Å². The minimum Gasteiger partial charge on any atom is -0.465 e. The lowest BCUT2D eigenvalue weighted by Crippen LogP contribution is -2.42. The summed E-state index contributed by atoms with van der Waals surface area (Å²) < 4.78 is 34.8. The third-order valence-corrected chi connectivity index (χ3v) is 12.6. The largest absolute Gasteiger partial charge is 0.465 e. The maximum absolute atomic E-state index is 14.9. The van der Waals surface area contributed by atoms with E-state index in [9.17, 15) is 28.0 Å². The fourth-order valence-electron chi connectivity index (χ4n) is 8.19. The summed E-state index contributed by atoms with van der Waals surface area (Å²) in [5, 5.41) is 19.5. The van der Waals surface area contributed by atoms with Crippen LogP contribution >= 0.6 is 23.2 Å². The van der Waals surface area contributed by atoms with Crippen LogP contribution < -0.4 is 43.0 Å². The second-order valence-corrected chi connectivity index (χ2v) is 17.8. The van der Waals surface area contributed by atoms with Crippen LogP contribution in [0.5, 0.6) is 0 Å². The van der Waals surface area contributed by atoms with Crippen molar-refractivity contribution in [1.82, 2.24) is 41.4 Å². The Hall–Kier alpha value is -5.50. The fourth-order valence-corrected chi connectivity index (χ4v) is 8.53. The predicted octanol–water partition coefficient (Wildman–Crippen LogP) is 7.94. The van der Waals surface area contributed by atoms with Crippen molar-refractivity contribution in [3.8, 4) is 0 Å². The van der Waals surface area contributed by atoms with Crippen LogP contribution in [0.3, 0.4) is 0 Å². The Morgan fingerprint density at radius 2 is 1.06 bits per heavy atom. The van der Waals surface area contributed by atoms with Gasteiger partial charge in [0.15, 0.2) is 23.3 Å². The third kappa shape index (κ3) is 15.6. The molecule has 18 nitrogen and oxygen atoms in total. The van der Waals surface area contributed by atoms with Crippen LogP contribution in [0.15, 0.2) is 30.3 Å². The van der Waals surface area contributed by atoms with Gasteiger partial charge in [0.05, 0.1) is 11.8 Å². The van der Waals surface area contributed by atoms with Crippen molar-refractivity contribution in [3.05, 3.63) is 58.1 Å². The van der Waals surface area contributed by atoms with Crippen LogP contribution in [0, 0.1) is 35.3 Å². The maximum atomic E-state index is 14.9. The van der Waals surface area contributed by atoms with Crippen LogP contribution in [0.4, 0.5) is 41.6 Å². The summed E-state index contributed by atoms with van der Waals surface area (Å²) in [6, 6.07) is 9.64. The minimum absolute atomic E-state index is 0.00165. The van der Waals surface area contributed by atoms with Gasteiger partial charge in [0.1, 0.15) is 6.61 Å². The number of benzene rings is 1. The number of anilines is 4. The molecule has 65 heavy (non-hydrogen) atoms. The van der Waals surface area contributed by atoms with Crippen LogP contribution in [0.2, 0.25) is 10.6 Å². The Balaban J connectivity index is 0.000000221. The van der Waals surface area contributed by atoms with Gasteiger partial charge in [-0.3, -0.25) is 31.3 Å². The number of hydrogen-bond acceptors (Lipinski definition) is 13. The highest BCUT2D eigenvalue weighted by Gasteiger charge is 2.29. The van der Waals surface area contributed by atoms with E-state index in [0.29, 0.717) is 24.7 Å². The number of amides is 4. The van der Waals surface area contributed by atoms with Crippen LogP contribution in [-0.4, -0.2) is 74.2 Å². The van der Waals surface area contributed by atoms with Crippen LogP contribution in [0.1, 0.15) is 108 Å². The molecule has 4 saturated carbocycles. The molecular formula is C43H58Cl2F2N12O6. The van der Waals surface area contributed by atoms with E-state index in [0.717, 1.165) is 95.5 Å². The molecule has 22 heteroatoms. The van der Waals surface area contributed by atoms with Gasteiger partial charge in [-0.1, -0.05) is 81.7 Å². The Kier molecular flexibility index (Phi) is 18.6. The monoisotopic (exact) mass is 946 g/mol. The van der Waals surface area contributed by atoms with Gasteiger partial charge in [0, 0.05) is 25.2 Å². The van der Waals surface area contributed by atoms with Gasteiger partial charge >= 0.3 is 12.2 Å². The third-order valence-electron chi connectivity index (χ3n) is 12.3. The van der Waals surface area contributed by atoms with Crippen molar-refractivity contribution in [1.29, 1.82) is 0 Å². The Bertz CT molecular complexity index is 2060. The summed E-state index contributed by atoms with van der Waals surface area (Å²) in [6.45, 7) is 0.221. The van der Waals surface area contributed by atoms with Gasteiger partial charge in [-0.15, -0.1) is 0 Å². The number of nitrogens with zero attached hydrogens (tertiary/aromatic N) is 4. The highest BCUT2D eigenvalue weighted by Crippen LogP contribution is 2.32. The molecule has 0 saturated heterocycles. The van der Waals surface area contributed by atoms with Crippen molar-refractivity contribution >= 4 is 70.5 Å². The topological polar surface area (TPSA) is 246 Å². The Morgan fingerprint density at radius 1 is 0.631 bits per heavy atom. The highest BCUT2D eigenvalue weighted by molar-refractivity contribution is 6.28. The molecule has 7 rings (SSSR count). The van der Waals surface area contributed by atoms with Crippen molar-refractivity contribution in [2.75, 3.05) is 34.6 Å². The number of ether oxygens (including phenoxy) is 1. The van der Waals surface area contributed by atoms with Gasteiger partial charge in [0.2, 0.25) is 34.0 Å². The number of carboxylic acid groups (broad SMARTS) is 1. The van der Waals surface area contributed by atoms with Crippen LogP contribution in [-0.2, 0) is 20.9 Å². The normalized spacial score (nSPS) is 17.2. The van der Waals surface area contributed by atoms with E-state index >= 15 is 0 Å². The molecule has 2 atom stereocenters. The second-order valence-electron chi connectivity index (χ2n) is 17.1. The smallest absolute Gasteiger partial charge is 0.407 e. The molecule has 2 heterocycles. The molecule has 0 unspecified atom stereocenters. The van der Waals surface area contributed by atoms with Gasteiger partial charge in [-0.05, 0) is 92.0 Å². The number of halogens is 4. The molecule has 0 spiro atoms. The number of hydrogen-bond donors (Lipinski definition) is 9. The summed E-state index contributed by atoms with van der Waals surface area (Å²) in [5.41, 5.74) is 10.9. The van der Waals surface area contributed by atoms with E-state index in [2.05, 4.69) is 62.9 Å². The van der Waals surface area contributed by atoms with E-state index in [-0.39, 0.29) is 71.5 Å². The summed E-state index contributed by atoms with van der Waals surface area (Å²) in [6.07, 6.45) is 13.9. The minimum atomic E-state index is -1.19. The van der Waals surface area contributed by atoms with Crippen molar-refractivity contribution in [2.45, 2.75) is 121 Å². The van der Waals surface area contributed by atoms with Crippen molar-refractivity contribution in [2.24, 2.45) is 23.7 Å². The average molecular weight is 948 g/mol. The lowest BCUT2D eigenvalue weighted by atomic mass is 9.92. The summed E-state index contributed by atoms with van der Waals surface area (Å²) in [7, 11) is 0. The standard InChI is InChI=1S/C25H32ClFN6O3.C18H26ClFN6O3/c26-24-30-21(29-19-11-6-12-19)20(27)22(31-24)32-33-23(34)18(13-16-7-4-5-8-16)14-28-25(35)36-15-17-9-2-1-3-10-17;19-17-23-14(22-12-6-3-7-12)13(20)15(24-17)25-26-16(27)11(9-21-18(28)29)8-10-4-1-2-5-10/h1-3,9-10,16,18-19H,4-8,11-15H2,(H,28,35)(H,33,34)(H2,29,30,31,32);10-12,21H,1-9H2,(H,26,27)(H,28,29)(H2,22,23,24,25)/t18-;11-/m11/s1. The van der Waals surface area contributed by atoms with Crippen molar-refractivity contribution in [3.63, 3.8) is 0 Å². The number of carbonyl (C=O) groups is 4. The predicted molar refractivity (Wildman–Crippen MR) is 241 cm³/mol. The maximum Gasteiger partial charge on any atom is 0.407 e. The molecule has 0 bridgehead atoms. The van der Waals surface area contributed by atoms with E-state index in [1.165, 1.54) is 0 Å². The Morgan fingerprint density at radius 3 is 1.48 bits per heavy atom. The summed E-state index contributed by atoms with van der Waals surface area (Å²) >= 11 is 11.9. The quantitative estimate of drug-likeness (QED) is 0.0386. The number of nitrogens with one attached hydrogen (secondary N) is 8. The first kappa shape index (κ1) is 48.9. The molecule has 3 aromatic rings. The highest BCUT2D eigenvalue weighted by atomic mass is 35.5. The number of hydrazine groups is 2. The zero-order chi connectivity index (χ0) is 46.1. The first-order valence-electron chi connectivity index (χ1n) is 22.4. The number of alkyl carbamates (subject to hydrolysis) is 1. The second kappa shape index (κ2) is 24.7. The zero-order valence-electron chi connectivity index (χ0n) is 36.1. The lowest BCUT2D eigenvalue weighted by Gasteiger charge is -2.27. The lowest BCUT2D eigenvalue weighted by molar-refractivity contribution is -0.125. The molecular weight excluding hydrogens is 889 g/mol. The summed E-state index contributed by atoms with van der Waals surface area (Å²) in [5.74, 6) is -3.08. The van der Waals surface area contributed by atoms with E-state index in [4.69, 9.17) is 33.0 Å². The molecule has 4 aliphatic carbocycles. The molecule has 1 aromatic carbocycles. The zero-order valence-corrected chi connectivity index (χ0v) is 37.6. The van der Waals surface area contributed by atoms with Gasteiger partial charge in [-0.25, -0.2) is 9.59 Å². The summed E-state index contributed by atoms with van der Waals surface area (Å²) in [4.78, 5) is 64.2. The number of carbonyl (C=O) groups excluding carboxylic acids is 3. The molecule has 354 valence electrons. The van der Waals surface area contributed by atoms with Gasteiger partial charge in [0.25, 0.3) is 0 Å². The van der Waals surface area contributed by atoms with Gasteiger partial charge < -0.3 is 31.1 Å². The van der Waals surface area contributed by atoms with E-state index < -0.39 is 41.6 Å². The molecule has 0 radical (unpaired) electrons. The molecule has 9 N–H and O–H groups in total. The van der Waals surface area contributed by atoms with Crippen molar-refractivity contribution < 1.29 is 37.8 Å². The van der Waals surface area contributed by atoms with Crippen LogP contribution in [0.25, 0.3) is 0 Å². The fraction of sp³-hybridized carbons (Fsp3) is 0.581. The SMILES string of the molecule is O=C(NC[C@@H](CC1CCCC1)C(=O)NNc1nc(Cl)nc(NC2CCC2)c1F)OCc1ccccc1.O=C(O)NC[C@@H](CC1CCCC1)C(=O)NNc1nc(Cl)nc(NC2CCC2)c1F.